The summed E-state index contributed by atoms with van der Waals surface area (Å²) in [5, 5.41) is 9.28. The molecule has 3 nitrogen and oxygen atoms in total. The van der Waals surface area contributed by atoms with Gasteiger partial charge >= 0.3 is 5.97 Å². The van der Waals surface area contributed by atoms with Crippen LogP contribution in [0.4, 0.5) is 4.39 Å². The molecular weight excluding hydrogens is 235 g/mol. The molecule has 0 aromatic heterocycles. The van der Waals surface area contributed by atoms with E-state index in [1.807, 2.05) is 0 Å². The van der Waals surface area contributed by atoms with Crippen molar-refractivity contribution < 1.29 is 19.0 Å². The molecule has 0 amide bonds. The lowest BCUT2D eigenvalue weighted by atomic mass is 9.85. The van der Waals surface area contributed by atoms with E-state index in [4.69, 9.17) is 4.74 Å². The monoisotopic (exact) mass is 252 g/mol. The van der Waals surface area contributed by atoms with Crippen LogP contribution >= 0.6 is 0 Å². The van der Waals surface area contributed by atoms with Crippen molar-refractivity contribution in [2.75, 3.05) is 13.2 Å². The van der Waals surface area contributed by atoms with Gasteiger partial charge < -0.3 is 9.84 Å². The van der Waals surface area contributed by atoms with Crippen LogP contribution in [0.5, 0.6) is 0 Å². The standard InChI is InChI=1S/C14H17FO3/c15-13-4-2-1-3-11(13)12(14(16)17)9-10-5-7-18-8-6-10/h1-4,10,12H,5-9H2,(H,16,17). The Morgan fingerprint density at radius 3 is 2.67 bits per heavy atom. The highest BCUT2D eigenvalue weighted by Crippen LogP contribution is 2.30. The maximum Gasteiger partial charge on any atom is 0.311 e. The van der Waals surface area contributed by atoms with Crippen LogP contribution in [0.15, 0.2) is 24.3 Å². The molecule has 0 radical (unpaired) electrons. The highest BCUT2D eigenvalue weighted by Gasteiger charge is 2.27. The molecule has 18 heavy (non-hydrogen) atoms. The average molecular weight is 252 g/mol. The minimum Gasteiger partial charge on any atom is -0.481 e. The number of hydrogen-bond acceptors (Lipinski definition) is 2. The lowest BCUT2D eigenvalue weighted by molar-refractivity contribution is -0.139. The summed E-state index contributed by atoms with van der Waals surface area (Å²) in [4.78, 5) is 11.3. The first-order valence-corrected chi connectivity index (χ1v) is 6.23. The lowest BCUT2D eigenvalue weighted by Gasteiger charge is -2.25. The Kier molecular flexibility index (Phi) is 4.31. The number of benzene rings is 1. The van der Waals surface area contributed by atoms with E-state index in [0.29, 0.717) is 25.6 Å². The van der Waals surface area contributed by atoms with Crippen LogP contribution in [0.1, 0.15) is 30.7 Å². The average Bonchev–Trinajstić information content (AvgIpc) is 2.38. The third kappa shape index (κ3) is 3.07. The Morgan fingerprint density at radius 2 is 2.06 bits per heavy atom. The smallest absolute Gasteiger partial charge is 0.311 e. The van der Waals surface area contributed by atoms with Crippen LogP contribution in [0.25, 0.3) is 0 Å². The molecule has 1 aliphatic rings. The third-order valence-corrected chi connectivity index (χ3v) is 3.49. The molecule has 1 fully saturated rings. The van der Waals surface area contributed by atoms with Gasteiger partial charge in [0.1, 0.15) is 5.82 Å². The fourth-order valence-electron chi connectivity index (χ4n) is 2.43. The number of rotatable bonds is 4. The number of hydrogen-bond donors (Lipinski definition) is 1. The summed E-state index contributed by atoms with van der Waals surface area (Å²) in [5.41, 5.74) is 0.288. The molecule has 2 rings (SSSR count). The number of carboxylic acids is 1. The minimum atomic E-state index is -0.952. The van der Waals surface area contributed by atoms with Gasteiger partial charge in [-0.05, 0) is 31.2 Å². The van der Waals surface area contributed by atoms with Crippen LogP contribution in [0.3, 0.4) is 0 Å². The normalized spacial score (nSPS) is 18.5. The van der Waals surface area contributed by atoms with Crippen LogP contribution < -0.4 is 0 Å². The maximum absolute atomic E-state index is 13.7. The van der Waals surface area contributed by atoms with Crippen LogP contribution in [-0.2, 0) is 9.53 Å². The molecule has 98 valence electrons. The molecule has 1 atom stereocenters. The molecule has 4 heteroatoms. The zero-order chi connectivity index (χ0) is 13.0. The van der Waals surface area contributed by atoms with Gasteiger partial charge in [0, 0.05) is 18.8 Å². The van der Waals surface area contributed by atoms with Crippen molar-refractivity contribution in [1.29, 1.82) is 0 Å². The zero-order valence-electron chi connectivity index (χ0n) is 10.1. The first kappa shape index (κ1) is 13.0. The van der Waals surface area contributed by atoms with E-state index in [2.05, 4.69) is 0 Å². The second-order valence-corrected chi connectivity index (χ2v) is 4.70. The predicted octanol–water partition coefficient (Wildman–Crippen LogP) is 2.81. The zero-order valence-corrected chi connectivity index (χ0v) is 10.1. The van der Waals surface area contributed by atoms with E-state index in [9.17, 15) is 14.3 Å². The largest absolute Gasteiger partial charge is 0.481 e. The van der Waals surface area contributed by atoms with Gasteiger partial charge in [-0.2, -0.15) is 0 Å². The van der Waals surface area contributed by atoms with Crippen molar-refractivity contribution in [2.45, 2.75) is 25.2 Å². The lowest BCUT2D eigenvalue weighted by Crippen LogP contribution is -2.22. The molecule has 0 spiro atoms. The molecule has 0 aliphatic carbocycles. The molecule has 1 aromatic carbocycles. The van der Waals surface area contributed by atoms with Crippen molar-refractivity contribution >= 4 is 5.97 Å². The molecule has 1 unspecified atom stereocenters. The van der Waals surface area contributed by atoms with E-state index in [1.54, 1.807) is 18.2 Å². The minimum absolute atomic E-state index is 0.288. The quantitative estimate of drug-likeness (QED) is 0.896. The highest BCUT2D eigenvalue weighted by atomic mass is 19.1. The van der Waals surface area contributed by atoms with Gasteiger partial charge in [-0.3, -0.25) is 4.79 Å². The van der Waals surface area contributed by atoms with Gasteiger partial charge in [-0.25, -0.2) is 4.39 Å². The first-order valence-electron chi connectivity index (χ1n) is 6.23. The summed E-state index contributed by atoms with van der Waals surface area (Å²) >= 11 is 0. The van der Waals surface area contributed by atoms with Gasteiger partial charge in [0.2, 0.25) is 0 Å². The fourth-order valence-corrected chi connectivity index (χ4v) is 2.43. The van der Waals surface area contributed by atoms with Crippen molar-refractivity contribution in [3.8, 4) is 0 Å². The molecular formula is C14H17FO3. The summed E-state index contributed by atoms with van der Waals surface area (Å²) in [6.45, 7) is 1.35. The second kappa shape index (κ2) is 5.96. The SMILES string of the molecule is O=C(O)C(CC1CCOCC1)c1ccccc1F. The van der Waals surface area contributed by atoms with E-state index in [0.717, 1.165) is 12.8 Å². The van der Waals surface area contributed by atoms with Crippen LogP contribution in [0, 0.1) is 11.7 Å². The Labute approximate surface area is 106 Å². The van der Waals surface area contributed by atoms with Crippen molar-refractivity contribution in [2.24, 2.45) is 5.92 Å². The Balaban J connectivity index is 2.13. The summed E-state index contributed by atoms with van der Waals surface area (Å²) < 4.78 is 18.9. The Hall–Kier alpha value is -1.42. The van der Waals surface area contributed by atoms with Crippen molar-refractivity contribution in [3.63, 3.8) is 0 Å². The fraction of sp³-hybridized carbons (Fsp3) is 0.500. The highest BCUT2D eigenvalue weighted by molar-refractivity contribution is 5.76. The molecule has 1 saturated heterocycles. The maximum atomic E-state index is 13.7. The number of halogens is 1. The number of carbonyl (C=O) groups is 1. The number of aliphatic carboxylic acids is 1. The van der Waals surface area contributed by atoms with Crippen molar-refractivity contribution in [3.05, 3.63) is 35.6 Å². The third-order valence-electron chi connectivity index (χ3n) is 3.49. The van der Waals surface area contributed by atoms with Crippen LogP contribution in [-0.4, -0.2) is 24.3 Å². The van der Waals surface area contributed by atoms with Crippen molar-refractivity contribution in [1.82, 2.24) is 0 Å². The summed E-state index contributed by atoms with van der Waals surface area (Å²) in [6, 6.07) is 6.13. The van der Waals surface area contributed by atoms with E-state index in [1.165, 1.54) is 6.07 Å². The Bertz CT molecular complexity index is 413. The molecule has 1 aliphatic heterocycles. The number of carboxylic acid groups (broad SMARTS) is 1. The van der Waals surface area contributed by atoms with Gasteiger partial charge in [-0.1, -0.05) is 18.2 Å². The van der Waals surface area contributed by atoms with E-state index < -0.39 is 17.7 Å². The topological polar surface area (TPSA) is 46.5 Å². The first-order chi connectivity index (χ1) is 8.68. The summed E-state index contributed by atoms with van der Waals surface area (Å²) in [6.07, 6.45) is 2.20. The molecule has 1 N–H and O–H groups in total. The summed E-state index contributed by atoms with van der Waals surface area (Å²) in [7, 11) is 0. The number of ether oxygens (including phenoxy) is 1. The molecule has 0 saturated carbocycles. The van der Waals surface area contributed by atoms with Gasteiger partial charge in [0.05, 0.1) is 5.92 Å². The van der Waals surface area contributed by atoms with Gasteiger partial charge in [0.25, 0.3) is 0 Å². The molecule has 1 aromatic rings. The predicted molar refractivity (Wildman–Crippen MR) is 64.9 cm³/mol. The molecule has 0 bridgehead atoms. The summed E-state index contributed by atoms with van der Waals surface area (Å²) in [5.74, 6) is -1.84. The van der Waals surface area contributed by atoms with E-state index in [-0.39, 0.29) is 5.56 Å². The van der Waals surface area contributed by atoms with Gasteiger partial charge in [0.15, 0.2) is 0 Å². The van der Waals surface area contributed by atoms with Gasteiger partial charge in [-0.15, -0.1) is 0 Å². The van der Waals surface area contributed by atoms with E-state index >= 15 is 0 Å². The molecule has 1 heterocycles. The second-order valence-electron chi connectivity index (χ2n) is 4.70. The van der Waals surface area contributed by atoms with Crippen LogP contribution in [0.2, 0.25) is 0 Å². The Morgan fingerprint density at radius 1 is 1.39 bits per heavy atom.